The van der Waals surface area contributed by atoms with E-state index in [0.29, 0.717) is 0 Å². The van der Waals surface area contributed by atoms with Crippen molar-refractivity contribution < 1.29 is 18.4 Å². The van der Waals surface area contributed by atoms with Crippen molar-refractivity contribution in [3.8, 4) is 0 Å². The Bertz CT molecular complexity index is 684. The Labute approximate surface area is 125 Å². The van der Waals surface area contributed by atoms with Crippen LogP contribution in [0.5, 0.6) is 0 Å². The Kier molecular flexibility index (Phi) is 4.36. The van der Waals surface area contributed by atoms with Crippen molar-refractivity contribution in [3.63, 3.8) is 0 Å². The molecule has 0 aliphatic rings. The van der Waals surface area contributed by atoms with E-state index in [1.54, 1.807) is 25.1 Å². The van der Waals surface area contributed by atoms with E-state index < -0.39 is 29.1 Å². The lowest BCUT2D eigenvalue weighted by atomic mass is 10.2. The lowest BCUT2D eigenvalue weighted by Crippen LogP contribution is -2.29. The number of carbonyl (C=O) groups excluding carboxylic acids is 2. The van der Waals surface area contributed by atoms with Crippen LogP contribution in [0, 0.1) is 18.6 Å². The molecule has 0 saturated heterocycles. The molecule has 0 spiro atoms. The van der Waals surface area contributed by atoms with E-state index in [2.05, 4.69) is 5.32 Å². The van der Waals surface area contributed by atoms with Gasteiger partial charge in [0.05, 0.1) is 17.1 Å². The highest BCUT2D eigenvalue weighted by atomic mass is 19.1. The molecule has 2 amide bonds. The Morgan fingerprint density at radius 3 is 2.27 bits per heavy atom. The minimum absolute atomic E-state index is 0.264. The first-order valence-corrected chi connectivity index (χ1v) is 6.30. The van der Waals surface area contributed by atoms with E-state index >= 15 is 0 Å². The molecule has 2 aromatic rings. The number of aryl methyl sites for hydroxylation is 1. The summed E-state index contributed by atoms with van der Waals surface area (Å²) in [5.41, 5.74) is 6.64. The van der Waals surface area contributed by atoms with Crippen molar-refractivity contribution in [1.29, 1.82) is 0 Å². The number of nitrogen functional groups attached to an aromatic ring is 1. The van der Waals surface area contributed by atoms with Gasteiger partial charge in [0.25, 0.3) is 0 Å². The van der Waals surface area contributed by atoms with Crippen molar-refractivity contribution in [2.24, 2.45) is 0 Å². The maximum Gasteiger partial charge on any atom is 0.314 e. The topological polar surface area (TPSA) is 84.2 Å². The summed E-state index contributed by atoms with van der Waals surface area (Å²) < 4.78 is 26.4. The summed E-state index contributed by atoms with van der Waals surface area (Å²) in [5.74, 6) is -3.76. The second-order valence-corrected chi connectivity index (χ2v) is 4.62. The van der Waals surface area contributed by atoms with Crippen LogP contribution >= 0.6 is 0 Å². The highest BCUT2D eigenvalue weighted by Gasteiger charge is 2.17. The monoisotopic (exact) mass is 305 g/mol. The third kappa shape index (κ3) is 3.57. The molecule has 2 rings (SSSR count). The van der Waals surface area contributed by atoms with Gasteiger partial charge in [-0.3, -0.25) is 9.59 Å². The van der Waals surface area contributed by atoms with Gasteiger partial charge in [-0.25, -0.2) is 8.78 Å². The van der Waals surface area contributed by atoms with E-state index in [1.807, 2.05) is 5.32 Å². The fourth-order valence-electron chi connectivity index (χ4n) is 1.73. The van der Waals surface area contributed by atoms with Gasteiger partial charge in [0.1, 0.15) is 11.6 Å². The van der Waals surface area contributed by atoms with Crippen LogP contribution < -0.4 is 16.4 Å². The first kappa shape index (κ1) is 15.4. The molecule has 5 nitrogen and oxygen atoms in total. The van der Waals surface area contributed by atoms with Crippen molar-refractivity contribution in [2.75, 3.05) is 16.4 Å². The molecule has 22 heavy (non-hydrogen) atoms. The lowest BCUT2D eigenvalue weighted by molar-refractivity contribution is -0.133. The highest BCUT2D eigenvalue weighted by Crippen LogP contribution is 2.20. The predicted octanol–water partition coefficient (Wildman–Crippen LogP) is 2.43. The summed E-state index contributed by atoms with van der Waals surface area (Å²) in [6.45, 7) is 1.79. The molecule has 0 unspecified atom stereocenters. The zero-order valence-corrected chi connectivity index (χ0v) is 11.6. The number of rotatable bonds is 2. The molecule has 0 saturated carbocycles. The van der Waals surface area contributed by atoms with Crippen LogP contribution in [0.4, 0.5) is 25.8 Å². The Hall–Kier alpha value is -2.96. The van der Waals surface area contributed by atoms with Gasteiger partial charge < -0.3 is 16.4 Å². The van der Waals surface area contributed by atoms with Gasteiger partial charge in [-0.05, 0) is 36.8 Å². The van der Waals surface area contributed by atoms with Gasteiger partial charge in [-0.1, -0.05) is 6.07 Å². The number of anilines is 3. The number of nitrogens with two attached hydrogens (primary N) is 1. The SMILES string of the molecule is Cc1ccc(N)c(NC(=O)C(=O)Nc2cc(F)ccc2F)c1. The van der Waals surface area contributed by atoms with Crippen molar-refractivity contribution in [3.05, 3.63) is 53.6 Å². The molecule has 0 bridgehead atoms. The van der Waals surface area contributed by atoms with Gasteiger partial charge in [0.2, 0.25) is 0 Å². The number of amides is 2. The Morgan fingerprint density at radius 1 is 0.955 bits per heavy atom. The molecule has 0 aliphatic carbocycles. The molecule has 0 fully saturated rings. The van der Waals surface area contributed by atoms with Crippen molar-refractivity contribution in [1.82, 2.24) is 0 Å². The van der Waals surface area contributed by atoms with Crippen molar-refractivity contribution >= 4 is 28.9 Å². The largest absolute Gasteiger partial charge is 0.397 e. The summed E-state index contributed by atoms with van der Waals surface area (Å²) in [7, 11) is 0. The van der Waals surface area contributed by atoms with E-state index in [0.717, 1.165) is 23.8 Å². The first-order valence-electron chi connectivity index (χ1n) is 6.30. The Balaban J connectivity index is 2.11. The van der Waals surface area contributed by atoms with E-state index in [4.69, 9.17) is 5.73 Å². The summed E-state index contributed by atoms with van der Waals surface area (Å²) in [6.07, 6.45) is 0. The molecule has 0 atom stereocenters. The highest BCUT2D eigenvalue weighted by molar-refractivity contribution is 6.43. The van der Waals surface area contributed by atoms with Crippen LogP contribution in [-0.2, 0) is 9.59 Å². The smallest absolute Gasteiger partial charge is 0.314 e. The van der Waals surface area contributed by atoms with Gasteiger partial charge in [-0.15, -0.1) is 0 Å². The summed E-state index contributed by atoms with van der Waals surface area (Å²) in [4.78, 5) is 23.5. The zero-order chi connectivity index (χ0) is 16.3. The third-order valence-corrected chi connectivity index (χ3v) is 2.84. The summed E-state index contributed by atoms with van der Waals surface area (Å²) >= 11 is 0. The molecule has 114 valence electrons. The second kappa shape index (κ2) is 6.21. The van der Waals surface area contributed by atoms with Crippen LogP contribution in [0.1, 0.15) is 5.56 Å². The minimum Gasteiger partial charge on any atom is -0.397 e. The molecule has 7 heteroatoms. The number of halogens is 2. The van der Waals surface area contributed by atoms with Crippen LogP contribution in [-0.4, -0.2) is 11.8 Å². The Morgan fingerprint density at radius 2 is 1.59 bits per heavy atom. The standard InChI is InChI=1S/C15H13F2N3O2/c1-8-2-5-11(18)13(6-8)20-15(22)14(21)19-12-7-9(16)3-4-10(12)17/h2-7H,18H2,1H3,(H,19,21)(H,20,22). The quantitative estimate of drug-likeness (QED) is 0.588. The maximum absolute atomic E-state index is 13.4. The minimum atomic E-state index is -1.13. The average Bonchev–Trinajstić information content (AvgIpc) is 2.46. The lowest BCUT2D eigenvalue weighted by Gasteiger charge is -2.10. The molecule has 0 aromatic heterocycles. The molecule has 0 radical (unpaired) electrons. The molecular weight excluding hydrogens is 292 g/mol. The second-order valence-electron chi connectivity index (χ2n) is 4.62. The van der Waals surface area contributed by atoms with Crippen molar-refractivity contribution in [2.45, 2.75) is 6.92 Å². The molecule has 0 aliphatic heterocycles. The van der Waals surface area contributed by atoms with Crippen LogP contribution in [0.3, 0.4) is 0 Å². The number of hydrogen-bond acceptors (Lipinski definition) is 3. The summed E-state index contributed by atoms with van der Waals surface area (Å²) in [5, 5.41) is 4.31. The summed E-state index contributed by atoms with van der Waals surface area (Å²) in [6, 6.07) is 7.44. The normalized spacial score (nSPS) is 10.1. The molecule has 4 N–H and O–H groups in total. The number of hydrogen-bond donors (Lipinski definition) is 3. The fourth-order valence-corrected chi connectivity index (χ4v) is 1.73. The molecule has 0 heterocycles. The first-order chi connectivity index (χ1) is 10.4. The average molecular weight is 305 g/mol. The number of nitrogens with one attached hydrogen (secondary N) is 2. The molecule has 2 aromatic carbocycles. The van der Waals surface area contributed by atoms with E-state index in [-0.39, 0.29) is 11.4 Å². The van der Waals surface area contributed by atoms with Gasteiger partial charge in [-0.2, -0.15) is 0 Å². The maximum atomic E-state index is 13.4. The van der Waals surface area contributed by atoms with Gasteiger partial charge in [0, 0.05) is 6.07 Å². The van der Waals surface area contributed by atoms with E-state index in [9.17, 15) is 18.4 Å². The number of carbonyl (C=O) groups is 2. The van der Waals surface area contributed by atoms with Crippen LogP contribution in [0.2, 0.25) is 0 Å². The van der Waals surface area contributed by atoms with Crippen LogP contribution in [0.25, 0.3) is 0 Å². The third-order valence-electron chi connectivity index (χ3n) is 2.84. The fraction of sp³-hybridized carbons (Fsp3) is 0.0667. The number of benzene rings is 2. The van der Waals surface area contributed by atoms with Gasteiger partial charge >= 0.3 is 11.8 Å². The zero-order valence-electron chi connectivity index (χ0n) is 11.6. The predicted molar refractivity (Wildman–Crippen MR) is 79.2 cm³/mol. The van der Waals surface area contributed by atoms with E-state index in [1.165, 1.54) is 0 Å². The molecular formula is C15H13F2N3O2. The van der Waals surface area contributed by atoms with Gasteiger partial charge in [0.15, 0.2) is 0 Å². The van der Waals surface area contributed by atoms with Crippen LogP contribution in [0.15, 0.2) is 36.4 Å².